The van der Waals surface area contributed by atoms with Crippen LogP contribution in [0.3, 0.4) is 0 Å². The Morgan fingerprint density at radius 3 is 2.04 bits per heavy atom. The monoisotopic (exact) mass is 330 g/mol. The summed E-state index contributed by atoms with van der Waals surface area (Å²) in [5.41, 5.74) is 7.82. The highest BCUT2D eigenvalue weighted by molar-refractivity contribution is 5.73. The molecule has 0 aliphatic rings. The standard InChI is InChI=1S/C10H13NO3.C9H13N/c1-11-9(10(13)14)6-7-2-4-8(12)5-3-7;1-8(10)7-9-5-3-2-4-6-9/h2-5,9,11-12H,6H2,1H3,(H,13,14);2-6,8H,7,10H2,1H3/t9-;/m0./s1. The normalized spacial score (nSPS) is 12.6. The van der Waals surface area contributed by atoms with Gasteiger partial charge in [-0.1, -0.05) is 42.5 Å². The molecule has 0 heterocycles. The van der Waals surface area contributed by atoms with Gasteiger partial charge in [-0.2, -0.15) is 0 Å². The van der Waals surface area contributed by atoms with Crippen LogP contribution >= 0.6 is 0 Å². The van der Waals surface area contributed by atoms with E-state index >= 15 is 0 Å². The zero-order valence-corrected chi connectivity index (χ0v) is 14.1. The largest absolute Gasteiger partial charge is 0.508 e. The molecule has 2 rings (SSSR count). The van der Waals surface area contributed by atoms with Crippen molar-refractivity contribution in [2.24, 2.45) is 5.73 Å². The van der Waals surface area contributed by atoms with Crippen LogP contribution in [0.4, 0.5) is 0 Å². The maximum absolute atomic E-state index is 10.7. The van der Waals surface area contributed by atoms with Gasteiger partial charge in [0.2, 0.25) is 0 Å². The van der Waals surface area contributed by atoms with Gasteiger partial charge in [0.15, 0.2) is 0 Å². The molecular weight excluding hydrogens is 304 g/mol. The van der Waals surface area contributed by atoms with E-state index in [4.69, 9.17) is 15.9 Å². The molecule has 0 fully saturated rings. The van der Waals surface area contributed by atoms with E-state index in [0.717, 1.165) is 12.0 Å². The number of aliphatic carboxylic acids is 1. The molecule has 0 aromatic heterocycles. The zero-order valence-electron chi connectivity index (χ0n) is 14.1. The van der Waals surface area contributed by atoms with E-state index in [-0.39, 0.29) is 11.8 Å². The Labute approximate surface area is 143 Å². The van der Waals surface area contributed by atoms with Crippen LogP contribution in [0.2, 0.25) is 0 Å². The van der Waals surface area contributed by atoms with E-state index in [9.17, 15) is 4.79 Å². The van der Waals surface area contributed by atoms with Crippen molar-refractivity contribution < 1.29 is 15.0 Å². The number of aromatic hydroxyl groups is 1. The molecule has 0 aliphatic carbocycles. The number of phenolic OH excluding ortho intramolecular Hbond substituents is 1. The van der Waals surface area contributed by atoms with Crippen LogP contribution in [-0.4, -0.2) is 35.3 Å². The molecule has 0 saturated heterocycles. The summed E-state index contributed by atoms with van der Waals surface area (Å²) >= 11 is 0. The van der Waals surface area contributed by atoms with Crippen molar-refractivity contribution in [3.8, 4) is 5.75 Å². The molecule has 0 amide bonds. The second kappa shape index (κ2) is 10.4. The molecule has 130 valence electrons. The number of carbonyl (C=O) groups is 1. The molecule has 0 radical (unpaired) electrons. The topological polar surface area (TPSA) is 95.6 Å². The zero-order chi connectivity index (χ0) is 17.9. The fourth-order valence-electron chi connectivity index (χ4n) is 2.17. The lowest BCUT2D eigenvalue weighted by atomic mass is 10.1. The Morgan fingerprint density at radius 2 is 1.58 bits per heavy atom. The Morgan fingerprint density at radius 1 is 1.04 bits per heavy atom. The van der Waals surface area contributed by atoms with Crippen molar-refractivity contribution in [2.75, 3.05) is 7.05 Å². The van der Waals surface area contributed by atoms with Crippen LogP contribution in [0.25, 0.3) is 0 Å². The predicted molar refractivity (Wildman–Crippen MR) is 96.1 cm³/mol. The summed E-state index contributed by atoms with van der Waals surface area (Å²) in [6.07, 6.45) is 1.38. The first kappa shape index (κ1) is 19.7. The minimum atomic E-state index is -0.874. The number of nitrogens with two attached hydrogens (primary N) is 1. The van der Waals surface area contributed by atoms with E-state index in [1.807, 2.05) is 25.1 Å². The number of likely N-dealkylation sites (N-methyl/N-ethyl adjacent to an activating group) is 1. The molecule has 0 aliphatic heterocycles. The maximum atomic E-state index is 10.7. The summed E-state index contributed by atoms with van der Waals surface area (Å²) in [4.78, 5) is 10.7. The van der Waals surface area contributed by atoms with Crippen LogP contribution < -0.4 is 11.1 Å². The summed E-state index contributed by atoms with van der Waals surface area (Å²) in [5.74, 6) is -0.689. The van der Waals surface area contributed by atoms with Crippen molar-refractivity contribution in [3.63, 3.8) is 0 Å². The van der Waals surface area contributed by atoms with Crippen LogP contribution in [0.1, 0.15) is 18.1 Å². The van der Waals surface area contributed by atoms with Crippen molar-refractivity contribution >= 4 is 5.97 Å². The average molecular weight is 330 g/mol. The smallest absolute Gasteiger partial charge is 0.321 e. The fourth-order valence-corrected chi connectivity index (χ4v) is 2.17. The third kappa shape index (κ3) is 7.76. The molecule has 2 aromatic rings. The van der Waals surface area contributed by atoms with Gasteiger partial charge in [0.05, 0.1) is 0 Å². The van der Waals surface area contributed by atoms with E-state index < -0.39 is 12.0 Å². The molecule has 0 spiro atoms. The molecule has 0 saturated carbocycles. The number of carboxylic acids is 1. The SMILES string of the molecule is CC(N)Cc1ccccc1.CN[C@@H](Cc1ccc(O)cc1)C(=O)O. The molecular formula is C19H26N2O3. The molecule has 5 heteroatoms. The maximum Gasteiger partial charge on any atom is 0.321 e. The number of hydrogen-bond acceptors (Lipinski definition) is 4. The molecule has 5 N–H and O–H groups in total. The highest BCUT2D eigenvalue weighted by Crippen LogP contribution is 2.11. The lowest BCUT2D eigenvalue weighted by Gasteiger charge is -2.10. The van der Waals surface area contributed by atoms with Gasteiger partial charge in [-0.3, -0.25) is 4.79 Å². The van der Waals surface area contributed by atoms with Gasteiger partial charge < -0.3 is 21.3 Å². The Bertz CT molecular complexity index is 598. The number of phenols is 1. The van der Waals surface area contributed by atoms with Gasteiger partial charge in [-0.05, 0) is 50.1 Å². The summed E-state index contributed by atoms with van der Waals surface area (Å²) in [6.45, 7) is 2.02. The number of rotatable bonds is 6. The summed E-state index contributed by atoms with van der Waals surface area (Å²) in [6, 6.07) is 16.5. The van der Waals surface area contributed by atoms with E-state index in [1.165, 1.54) is 5.56 Å². The Kier molecular flexibility index (Phi) is 8.54. The van der Waals surface area contributed by atoms with Gasteiger partial charge in [0, 0.05) is 6.04 Å². The van der Waals surface area contributed by atoms with E-state index in [2.05, 4.69) is 17.4 Å². The predicted octanol–water partition coefficient (Wildman–Crippen LogP) is 2.18. The number of nitrogens with one attached hydrogen (secondary N) is 1. The van der Waals surface area contributed by atoms with Crippen LogP contribution in [0, 0.1) is 0 Å². The minimum Gasteiger partial charge on any atom is -0.508 e. The van der Waals surface area contributed by atoms with Gasteiger partial charge in [-0.15, -0.1) is 0 Å². The summed E-state index contributed by atoms with van der Waals surface area (Å²) < 4.78 is 0. The third-order valence-electron chi connectivity index (χ3n) is 3.42. The quantitative estimate of drug-likeness (QED) is 0.651. The lowest BCUT2D eigenvalue weighted by Crippen LogP contribution is -2.35. The first-order valence-electron chi connectivity index (χ1n) is 7.90. The lowest BCUT2D eigenvalue weighted by molar-refractivity contribution is -0.139. The van der Waals surface area contributed by atoms with Crippen molar-refractivity contribution in [2.45, 2.75) is 31.8 Å². The molecule has 2 aromatic carbocycles. The van der Waals surface area contributed by atoms with Crippen LogP contribution in [-0.2, 0) is 17.6 Å². The van der Waals surface area contributed by atoms with Crippen molar-refractivity contribution in [1.29, 1.82) is 0 Å². The first-order valence-corrected chi connectivity index (χ1v) is 7.90. The number of benzene rings is 2. The number of carboxylic acid groups (broad SMARTS) is 1. The van der Waals surface area contributed by atoms with Gasteiger partial charge in [-0.25, -0.2) is 0 Å². The molecule has 1 unspecified atom stereocenters. The molecule has 24 heavy (non-hydrogen) atoms. The van der Waals surface area contributed by atoms with Crippen molar-refractivity contribution in [1.82, 2.24) is 5.32 Å². The second-order valence-corrected chi connectivity index (χ2v) is 5.72. The van der Waals surface area contributed by atoms with E-state index in [1.54, 1.807) is 31.3 Å². The highest BCUT2D eigenvalue weighted by atomic mass is 16.4. The summed E-state index contributed by atoms with van der Waals surface area (Å²) in [5, 5.41) is 20.5. The third-order valence-corrected chi connectivity index (χ3v) is 3.42. The molecule has 2 atom stereocenters. The summed E-state index contributed by atoms with van der Waals surface area (Å²) in [7, 11) is 1.61. The molecule has 0 bridgehead atoms. The Hall–Kier alpha value is -2.37. The first-order chi connectivity index (χ1) is 11.4. The van der Waals surface area contributed by atoms with Crippen molar-refractivity contribution in [3.05, 3.63) is 65.7 Å². The fraction of sp³-hybridized carbons (Fsp3) is 0.316. The Balaban J connectivity index is 0.000000254. The van der Waals surface area contributed by atoms with Gasteiger partial charge >= 0.3 is 5.97 Å². The number of hydrogen-bond donors (Lipinski definition) is 4. The van der Waals surface area contributed by atoms with Crippen LogP contribution in [0.5, 0.6) is 5.75 Å². The minimum absolute atomic E-state index is 0.185. The second-order valence-electron chi connectivity index (χ2n) is 5.72. The average Bonchev–Trinajstić information content (AvgIpc) is 2.55. The van der Waals surface area contributed by atoms with E-state index in [0.29, 0.717) is 6.42 Å². The van der Waals surface area contributed by atoms with Gasteiger partial charge in [0.25, 0.3) is 0 Å². The van der Waals surface area contributed by atoms with Gasteiger partial charge in [0.1, 0.15) is 11.8 Å². The highest BCUT2D eigenvalue weighted by Gasteiger charge is 2.14. The molecule has 5 nitrogen and oxygen atoms in total. The van der Waals surface area contributed by atoms with Crippen LogP contribution in [0.15, 0.2) is 54.6 Å².